The van der Waals surface area contributed by atoms with Gasteiger partial charge in [0.05, 0.1) is 0 Å². The van der Waals surface area contributed by atoms with E-state index in [-0.39, 0.29) is 5.56 Å². The molecule has 2 unspecified atom stereocenters. The molecule has 1 aromatic rings. The fourth-order valence-electron chi connectivity index (χ4n) is 2.27. The molecule has 2 atom stereocenters. The average Bonchev–Trinajstić information content (AvgIpc) is 2.67. The number of nitrogens with one attached hydrogen (secondary N) is 1. The van der Waals surface area contributed by atoms with Crippen molar-refractivity contribution in [1.29, 1.82) is 0 Å². The topological polar surface area (TPSA) is 12.0 Å². The molecule has 1 aliphatic rings. The molecule has 2 heterocycles. The number of thiophene rings is 1. The number of rotatable bonds is 2. The Morgan fingerprint density at radius 1 is 1.47 bits per heavy atom. The third-order valence-corrected chi connectivity index (χ3v) is 3.92. The maximum absolute atomic E-state index is 12.7. The highest BCUT2D eigenvalue weighted by Crippen LogP contribution is 2.37. The molecule has 1 fully saturated rings. The lowest BCUT2D eigenvalue weighted by Crippen LogP contribution is -2.33. The molecular weight excluding hydrogens is 216 g/mol. The summed E-state index contributed by atoms with van der Waals surface area (Å²) in [6, 6.07) is 0. The second kappa shape index (κ2) is 4.58. The van der Waals surface area contributed by atoms with Crippen molar-refractivity contribution in [1.82, 2.24) is 5.32 Å². The summed E-state index contributed by atoms with van der Waals surface area (Å²) in [7, 11) is 0. The molecular formula is C11H15F2NS. The van der Waals surface area contributed by atoms with Crippen molar-refractivity contribution in [2.24, 2.45) is 5.92 Å². The van der Waals surface area contributed by atoms with Gasteiger partial charge in [0.25, 0.3) is 6.43 Å². The molecule has 1 aliphatic heterocycles. The van der Waals surface area contributed by atoms with Crippen molar-refractivity contribution in [3.8, 4) is 0 Å². The van der Waals surface area contributed by atoms with Gasteiger partial charge in [-0.15, -0.1) is 0 Å². The second-order valence-electron chi connectivity index (χ2n) is 4.16. The monoisotopic (exact) mass is 231 g/mol. The average molecular weight is 231 g/mol. The number of piperidine rings is 1. The van der Waals surface area contributed by atoms with Crippen molar-refractivity contribution < 1.29 is 8.78 Å². The molecule has 84 valence electrons. The van der Waals surface area contributed by atoms with E-state index in [1.54, 1.807) is 5.38 Å². The van der Waals surface area contributed by atoms with Gasteiger partial charge in [-0.2, -0.15) is 11.3 Å². The molecule has 1 N–H and O–H groups in total. The van der Waals surface area contributed by atoms with Gasteiger partial charge < -0.3 is 5.32 Å². The van der Waals surface area contributed by atoms with Gasteiger partial charge in [-0.25, -0.2) is 8.78 Å². The second-order valence-corrected chi connectivity index (χ2v) is 4.90. The van der Waals surface area contributed by atoms with Gasteiger partial charge >= 0.3 is 0 Å². The van der Waals surface area contributed by atoms with Gasteiger partial charge in [0, 0.05) is 5.56 Å². The molecule has 0 aliphatic carbocycles. The van der Waals surface area contributed by atoms with Gasteiger partial charge in [0.2, 0.25) is 0 Å². The van der Waals surface area contributed by atoms with E-state index in [2.05, 4.69) is 12.2 Å². The van der Waals surface area contributed by atoms with E-state index in [9.17, 15) is 8.78 Å². The molecule has 1 aromatic heterocycles. The van der Waals surface area contributed by atoms with Gasteiger partial charge in [-0.3, -0.25) is 0 Å². The highest BCUT2D eigenvalue weighted by Gasteiger charge is 2.27. The molecule has 2 rings (SSSR count). The molecule has 0 spiro atoms. The number of hydrogen-bond acceptors (Lipinski definition) is 2. The predicted molar refractivity (Wildman–Crippen MR) is 58.7 cm³/mol. The van der Waals surface area contributed by atoms with Crippen LogP contribution in [0.2, 0.25) is 0 Å². The maximum atomic E-state index is 12.7. The Morgan fingerprint density at radius 2 is 2.27 bits per heavy atom. The summed E-state index contributed by atoms with van der Waals surface area (Å²) in [5.41, 5.74) is 1.13. The van der Waals surface area contributed by atoms with E-state index in [1.807, 2.05) is 5.38 Å². The van der Waals surface area contributed by atoms with Crippen molar-refractivity contribution in [3.63, 3.8) is 0 Å². The van der Waals surface area contributed by atoms with Crippen molar-refractivity contribution in [3.05, 3.63) is 21.9 Å². The summed E-state index contributed by atoms with van der Waals surface area (Å²) in [5.74, 6) is 0.757. The molecule has 0 saturated carbocycles. The normalized spacial score (nSPS) is 27.2. The first-order chi connectivity index (χ1) is 7.20. The molecule has 4 heteroatoms. The molecule has 0 amide bonds. The van der Waals surface area contributed by atoms with Crippen molar-refractivity contribution >= 4 is 11.3 Å². The summed E-state index contributed by atoms with van der Waals surface area (Å²) in [6.07, 6.45) is -1.36. The Labute approximate surface area is 92.5 Å². The zero-order chi connectivity index (χ0) is 10.8. The molecule has 0 bridgehead atoms. The summed E-state index contributed by atoms with van der Waals surface area (Å²) in [6.45, 7) is 4.00. The van der Waals surface area contributed by atoms with Crippen LogP contribution in [0.25, 0.3) is 0 Å². The zero-order valence-electron chi connectivity index (χ0n) is 8.67. The first-order valence-electron chi connectivity index (χ1n) is 5.25. The lowest BCUT2D eigenvalue weighted by molar-refractivity contribution is 0.149. The molecule has 0 aromatic carbocycles. The molecule has 1 nitrogen and oxygen atoms in total. The Morgan fingerprint density at radius 3 is 2.93 bits per heavy atom. The minimum Gasteiger partial charge on any atom is -0.316 e. The van der Waals surface area contributed by atoms with Crippen LogP contribution in [0.1, 0.15) is 36.8 Å². The summed E-state index contributed by atoms with van der Waals surface area (Å²) in [5, 5.41) is 6.78. The highest BCUT2D eigenvalue weighted by atomic mass is 32.1. The van der Waals surface area contributed by atoms with E-state index in [0.717, 1.165) is 25.1 Å². The van der Waals surface area contributed by atoms with Crippen LogP contribution in [0.15, 0.2) is 10.8 Å². The lowest BCUT2D eigenvalue weighted by Gasteiger charge is -2.30. The summed E-state index contributed by atoms with van der Waals surface area (Å²) >= 11 is 1.39. The number of halogens is 2. The van der Waals surface area contributed by atoms with E-state index in [1.165, 1.54) is 11.3 Å². The van der Waals surface area contributed by atoms with Gasteiger partial charge in [-0.05, 0) is 47.7 Å². The fourth-order valence-corrected chi connectivity index (χ4v) is 3.18. The number of hydrogen-bond donors (Lipinski definition) is 1. The Kier molecular flexibility index (Phi) is 3.36. The Balaban J connectivity index is 2.23. The van der Waals surface area contributed by atoms with Gasteiger partial charge in [0.1, 0.15) is 0 Å². The first kappa shape index (κ1) is 11.0. The van der Waals surface area contributed by atoms with E-state index >= 15 is 0 Å². The first-order valence-corrected chi connectivity index (χ1v) is 6.19. The van der Waals surface area contributed by atoms with E-state index in [0.29, 0.717) is 11.8 Å². The fraction of sp³-hybridized carbons (Fsp3) is 0.636. The van der Waals surface area contributed by atoms with Crippen molar-refractivity contribution in [2.75, 3.05) is 13.1 Å². The SMILES string of the molecule is CC1CNCCC1c1cscc1C(F)F. The van der Waals surface area contributed by atoms with E-state index < -0.39 is 6.43 Å². The number of alkyl halides is 2. The largest absolute Gasteiger partial charge is 0.316 e. The molecule has 15 heavy (non-hydrogen) atoms. The standard InChI is InChI=1S/C11H15F2NS/c1-7-4-14-3-2-8(7)9-5-15-6-10(9)11(12)13/h5-8,11,14H,2-4H2,1H3. The predicted octanol–water partition coefficient (Wildman–Crippen LogP) is 3.40. The van der Waals surface area contributed by atoms with E-state index in [4.69, 9.17) is 0 Å². The van der Waals surface area contributed by atoms with Gasteiger partial charge in [0.15, 0.2) is 0 Å². The lowest BCUT2D eigenvalue weighted by atomic mass is 9.82. The quantitative estimate of drug-likeness (QED) is 0.822. The minimum atomic E-state index is -2.33. The van der Waals surface area contributed by atoms with Crippen LogP contribution in [-0.2, 0) is 0 Å². The zero-order valence-corrected chi connectivity index (χ0v) is 9.49. The Bertz CT molecular complexity index is 324. The Hall–Kier alpha value is -0.480. The summed E-state index contributed by atoms with van der Waals surface area (Å²) in [4.78, 5) is 0. The van der Waals surface area contributed by atoms with Crippen LogP contribution in [0.5, 0.6) is 0 Å². The van der Waals surface area contributed by atoms with Crippen LogP contribution in [0, 0.1) is 5.92 Å². The molecule has 0 radical (unpaired) electrons. The van der Waals surface area contributed by atoms with Gasteiger partial charge in [-0.1, -0.05) is 6.92 Å². The van der Waals surface area contributed by atoms with Crippen LogP contribution < -0.4 is 5.32 Å². The van der Waals surface area contributed by atoms with Crippen LogP contribution in [-0.4, -0.2) is 13.1 Å². The third-order valence-electron chi connectivity index (χ3n) is 3.14. The molecule has 1 saturated heterocycles. The minimum absolute atomic E-state index is 0.249. The third kappa shape index (κ3) is 2.21. The maximum Gasteiger partial charge on any atom is 0.264 e. The smallest absolute Gasteiger partial charge is 0.264 e. The van der Waals surface area contributed by atoms with Crippen LogP contribution >= 0.6 is 11.3 Å². The summed E-state index contributed by atoms with van der Waals surface area (Å²) < 4.78 is 25.5. The van der Waals surface area contributed by atoms with Crippen molar-refractivity contribution in [2.45, 2.75) is 25.7 Å². The van der Waals surface area contributed by atoms with Crippen LogP contribution in [0.4, 0.5) is 8.78 Å². The van der Waals surface area contributed by atoms with Crippen LogP contribution in [0.3, 0.4) is 0 Å². The highest BCUT2D eigenvalue weighted by molar-refractivity contribution is 7.08.